The van der Waals surface area contributed by atoms with E-state index in [-0.39, 0.29) is 13.0 Å². The van der Waals surface area contributed by atoms with Crippen molar-refractivity contribution in [2.45, 2.75) is 103 Å². The summed E-state index contributed by atoms with van der Waals surface area (Å²) in [6.07, 6.45) is 6.78. The standard InChI is InChI=1S/C29H44F2N4O5/c1-28(2,3)40-27(38)35-18-16-22(29(30,31)19-35)25(36)34-23(26(37)39-4)13-9-7-5-6-8-12-21-15-14-20-11-10-17-32-24(20)33-21/h14-15,22-23H,5-13,16-19H2,1-4H3,(H,32,33)(H,34,36). The summed E-state index contributed by atoms with van der Waals surface area (Å²) < 4.78 is 39.8. The minimum Gasteiger partial charge on any atom is -0.467 e. The minimum absolute atomic E-state index is 0.0387. The molecular weight excluding hydrogens is 522 g/mol. The Hall–Kier alpha value is -2.98. The van der Waals surface area contributed by atoms with E-state index < -0.39 is 48.0 Å². The number of unbranched alkanes of at least 4 members (excludes halogenated alkanes) is 4. The molecule has 0 radical (unpaired) electrons. The van der Waals surface area contributed by atoms with Crippen LogP contribution in [0.3, 0.4) is 0 Å². The second-order valence-electron chi connectivity index (χ2n) is 11.7. The van der Waals surface area contributed by atoms with Crippen molar-refractivity contribution < 1.29 is 32.6 Å². The van der Waals surface area contributed by atoms with Crippen molar-refractivity contribution in [3.8, 4) is 0 Å². The van der Waals surface area contributed by atoms with Gasteiger partial charge in [0.1, 0.15) is 23.4 Å². The van der Waals surface area contributed by atoms with Gasteiger partial charge in [0.15, 0.2) is 0 Å². The number of esters is 1. The van der Waals surface area contributed by atoms with Crippen molar-refractivity contribution in [1.29, 1.82) is 0 Å². The van der Waals surface area contributed by atoms with Gasteiger partial charge < -0.3 is 25.0 Å². The van der Waals surface area contributed by atoms with Crippen LogP contribution in [0.2, 0.25) is 0 Å². The third-order valence-electron chi connectivity index (χ3n) is 7.25. The van der Waals surface area contributed by atoms with E-state index in [4.69, 9.17) is 14.5 Å². The van der Waals surface area contributed by atoms with Gasteiger partial charge in [-0.05, 0) is 70.9 Å². The van der Waals surface area contributed by atoms with E-state index in [0.717, 1.165) is 67.9 Å². The van der Waals surface area contributed by atoms with Crippen molar-refractivity contribution in [3.05, 3.63) is 23.4 Å². The minimum atomic E-state index is -3.46. The van der Waals surface area contributed by atoms with Crippen LogP contribution in [-0.4, -0.2) is 72.2 Å². The predicted octanol–water partition coefficient (Wildman–Crippen LogP) is 4.87. The van der Waals surface area contributed by atoms with Crippen LogP contribution < -0.4 is 10.6 Å². The van der Waals surface area contributed by atoms with Gasteiger partial charge in [-0.1, -0.05) is 31.7 Å². The highest BCUT2D eigenvalue weighted by molar-refractivity contribution is 5.86. The number of ether oxygens (including phenoxy) is 2. The molecule has 1 aromatic rings. The Morgan fingerprint density at radius 1 is 1.18 bits per heavy atom. The Morgan fingerprint density at radius 3 is 2.60 bits per heavy atom. The fourth-order valence-corrected chi connectivity index (χ4v) is 5.10. The summed E-state index contributed by atoms with van der Waals surface area (Å²) in [5.74, 6) is -5.66. The third-order valence-corrected chi connectivity index (χ3v) is 7.25. The molecule has 0 saturated carbocycles. The topological polar surface area (TPSA) is 110 Å². The van der Waals surface area contributed by atoms with Crippen LogP contribution in [-0.2, 0) is 31.9 Å². The van der Waals surface area contributed by atoms with Crippen molar-refractivity contribution in [2.24, 2.45) is 5.92 Å². The number of piperidine rings is 1. The van der Waals surface area contributed by atoms with E-state index >= 15 is 0 Å². The van der Waals surface area contributed by atoms with Gasteiger partial charge in [0.05, 0.1) is 13.7 Å². The Balaban J connectivity index is 1.40. The van der Waals surface area contributed by atoms with E-state index in [1.165, 1.54) is 12.7 Å². The molecule has 2 unspecified atom stereocenters. The van der Waals surface area contributed by atoms with Gasteiger partial charge in [0, 0.05) is 18.8 Å². The number of hydrogen-bond donors (Lipinski definition) is 2. The summed E-state index contributed by atoms with van der Waals surface area (Å²) >= 11 is 0. The van der Waals surface area contributed by atoms with Crippen molar-refractivity contribution in [3.63, 3.8) is 0 Å². The maximum atomic E-state index is 14.9. The molecule has 0 aliphatic carbocycles. The van der Waals surface area contributed by atoms with Crippen molar-refractivity contribution >= 4 is 23.8 Å². The van der Waals surface area contributed by atoms with Crippen molar-refractivity contribution in [1.82, 2.24) is 15.2 Å². The number of alkyl halides is 2. The Morgan fingerprint density at radius 2 is 1.90 bits per heavy atom. The number of rotatable bonds is 11. The number of methoxy groups -OCH3 is 1. The van der Waals surface area contributed by atoms with E-state index in [1.807, 2.05) is 0 Å². The second kappa shape index (κ2) is 14.1. The highest BCUT2D eigenvalue weighted by Gasteiger charge is 2.50. The first kappa shape index (κ1) is 31.5. The number of amides is 2. The molecule has 9 nitrogen and oxygen atoms in total. The van der Waals surface area contributed by atoms with Gasteiger partial charge >= 0.3 is 12.1 Å². The molecular formula is C29H44F2N4O5. The molecule has 1 saturated heterocycles. The Labute approximate surface area is 235 Å². The SMILES string of the molecule is COC(=O)C(CCCCCCCc1ccc2c(n1)NCCC2)NC(=O)C1CCN(C(=O)OC(C)(C)C)CC1(F)F. The molecule has 0 spiro atoms. The highest BCUT2D eigenvalue weighted by atomic mass is 19.3. The summed E-state index contributed by atoms with van der Waals surface area (Å²) in [6, 6.07) is 3.26. The lowest BCUT2D eigenvalue weighted by Crippen LogP contribution is -2.57. The lowest BCUT2D eigenvalue weighted by molar-refractivity contribution is -0.155. The van der Waals surface area contributed by atoms with Crippen molar-refractivity contribution in [2.75, 3.05) is 32.1 Å². The summed E-state index contributed by atoms with van der Waals surface area (Å²) in [6.45, 7) is 4.97. The molecule has 40 heavy (non-hydrogen) atoms. The Bertz CT molecular complexity index is 1030. The monoisotopic (exact) mass is 566 g/mol. The van der Waals surface area contributed by atoms with Crippen LogP contribution in [0.4, 0.5) is 19.4 Å². The van der Waals surface area contributed by atoms with Gasteiger partial charge in [0.25, 0.3) is 5.92 Å². The van der Waals surface area contributed by atoms with Gasteiger partial charge in [-0.15, -0.1) is 0 Å². The molecule has 0 bridgehead atoms. The number of pyridine rings is 1. The summed E-state index contributed by atoms with van der Waals surface area (Å²) in [5.41, 5.74) is 1.54. The molecule has 224 valence electrons. The van der Waals surface area contributed by atoms with E-state index in [1.54, 1.807) is 20.8 Å². The number of aryl methyl sites for hydroxylation is 2. The molecule has 2 amide bonds. The summed E-state index contributed by atoms with van der Waals surface area (Å²) in [4.78, 5) is 43.0. The molecule has 1 aromatic heterocycles. The molecule has 3 heterocycles. The molecule has 3 rings (SSSR count). The molecule has 2 N–H and O–H groups in total. The first-order valence-electron chi connectivity index (χ1n) is 14.4. The molecule has 11 heteroatoms. The maximum Gasteiger partial charge on any atom is 0.410 e. The summed E-state index contributed by atoms with van der Waals surface area (Å²) in [7, 11) is 1.21. The lowest BCUT2D eigenvalue weighted by Gasteiger charge is -2.38. The number of likely N-dealkylation sites (tertiary alicyclic amines) is 1. The number of aromatic nitrogens is 1. The van der Waals surface area contributed by atoms with E-state index in [2.05, 4.69) is 22.8 Å². The zero-order valence-electron chi connectivity index (χ0n) is 24.2. The molecule has 1 fully saturated rings. The average molecular weight is 567 g/mol. The third kappa shape index (κ3) is 9.30. The number of halogens is 2. The zero-order valence-corrected chi connectivity index (χ0v) is 24.2. The average Bonchev–Trinajstić information content (AvgIpc) is 2.89. The fraction of sp³-hybridized carbons (Fsp3) is 0.724. The van der Waals surface area contributed by atoms with E-state index in [0.29, 0.717) is 12.8 Å². The van der Waals surface area contributed by atoms with Crippen LogP contribution >= 0.6 is 0 Å². The number of fused-ring (bicyclic) bond motifs is 1. The van der Waals surface area contributed by atoms with E-state index in [9.17, 15) is 23.2 Å². The molecule has 2 aliphatic rings. The van der Waals surface area contributed by atoms with Crippen LogP contribution in [0.15, 0.2) is 12.1 Å². The normalized spacial score (nSPS) is 19.1. The quantitative estimate of drug-likeness (QED) is 0.290. The molecule has 2 atom stereocenters. The number of carbonyl (C=O) groups excluding carboxylic acids is 3. The van der Waals surface area contributed by atoms with Gasteiger partial charge in [-0.25, -0.2) is 23.4 Å². The highest BCUT2D eigenvalue weighted by Crippen LogP contribution is 2.34. The summed E-state index contributed by atoms with van der Waals surface area (Å²) in [5, 5.41) is 5.84. The zero-order chi connectivity index (χ0) is 29.3. The first-order valence-corrected chi connectivity index (χ1v) is 14.4. The Kier molecular flexibility index (Phi) is 11.1. The second-order valence-corrected chi connectivity index (χ2v) is 11.7. The van der Waals surface area contributed by atoms with Gasteiger partial charge in [-0.2, -0.15) is 0 Å². The van der Waals surface area contributed by atoms with Crippen LogP contribution in [0.25, 0.3) is 0 Å². The lowest BCUT2D eigenvalue weighted by atomic mass is 9.91. The van der Waals surface area contributed by atoms with Crippen LogP contribution in [0.5, 0.6) is 0 Å². The number of nitrogens with zero attached hydrogens (tertiary/aromatic N) is 2. The first-order chi connectivity index (χ1) is 18.9. The molecule has 2 aliphatic heterocycles. The number of anilines is 1. The largest absolute Gasteiger partial charge is 0.467 e. The molecule has 0 aromatic carbocycles. The van der Waals surface area contributed by atoms with Gasteiger partial charge in [-0.3, -0.25) is 4.79 Å². The smallest absolute Gasteiger partial charge is 0.410 e. The maximum absolute atomic E-state index is 14.9. The fourth-order valence-electron chi connectivity index (χ4n) is 5.10. The van der Waals surface area contributed by atoms with Crippen LogP contribution in [0.1, 0.15) is 83.4 Å². The number of hydrogen-bond acceptors (Lipinski definition) is 7. The van der Waals surface area contributed by atoms with Gasteiger partial charge in [0.2, 0.25) is 5.91 Å². The number of nitrogens with one attached hydrogen (secondary N) is 2. The number of carbonyl (C=O) groups is 3. The van der Waals surface area contributed by atoms with Crippen LogP contribution in [0, 0.1) is 5.92 Å². The predicted molar refractivity (Wildman–Crippen MR) is 147 cm³/mol.